The Bertz CT molecular complexity index is 562. The second-order valence-corrected chi connectivity index (χ2v) is 2.97. The van der Waals surface area contributed by atoms with Crippen LogP contribution in [-0.2, 0) is 0 Å². The Balaban J connectivity index is 2.96. The lowest BCUT2D eigenvalue weighted by Gasteiger charge is -2.00. The lowest BCUT2D eigenvalue weighted by molar-refractivity contribution is 0.433. The number of aromatic nitrogens is 2. The largest absolute Gasteiger partial charge is 0.505 e. The van der Waals surface area contributed by atoms with Crippen molar-refractivity contribution >= 4 is 10.9 Å². The van der Waals surface area contributed by atoms with Crippen molar-refractivity contribution in [1.29, 1.82) is 0 Å². The molecule has 72 valence electrons. The van der Waals surface area contributed by atoms with Crippen LogP contribution in [0.25, 0.3) is 10.9 Å². The van der Waals surface area contributed by atoms with Gasteiger partial charge in [0.1, 0.15) is 5.82 Å². The minimum absolute atomic E-state index is 0.175. The Labute approximate surface area is 78.0 Å². The van der Waals surface area contributed by atoms with E-state index in [0.717, 1.165) is 12.1 Å². The summed E-state index contributed by atoms with van der Waals surface area (Å²) in [6.07, 6.45) is 0. The fourth-order valence-corrected chi connectivity index (χ4v) is 1.27. The molecule has 0 radical (unpaired) electrons. The van der Waals surface area contributed by atoms with Gasteiger partial charge in [-0.25, -0.2) is 9.37 Å². The molecule has 0 aliphatic carbocycles. The first-order chi connectivity index (χ1) is 6.58. The monoisotopic (exact) mass is 194 g/mol. The summed E-state index contributed by atoms with van der Waals surface area (Å²) < 4.78 is 12.9. The molecule has 0 spiro atoms. The van der Waals surface area contributed by atoms with Gasteiger partial charge in [-0.15, -0.1) is 0 Å². The van der Waals surface area contributed by atoms with Crippen molar-refractivity contribution in [3.05, 3.63) is 34.1 Å². The molecule has 14 heavy (non-hydrogen) atoms. The maximum absolute atomic E-state index is 12.9. The maximum Gasteiger partial charge on any atom is 0.258 e. The number of benzene rings is 1. The number of aromatic hydroxyl groups is 1. The second kappa shape index (κ2) is 2.80. The topological polar surface area (TPSA) is 66.0 Å². The van der Waals surface area contributed by atoms with Gasteiger partial charge in [-0.05, 0) is 13.0 Å². The molecule has 2 N–H and O–H groups in total. The van der Waals surface area contributed by atoms with E-state index >= 15 is 0 Å². The van der Waals surface area contributed by atoms with Crippen LogP contribution in [0.3, 0.4) is 0 Å². The van der Waals surface area contributed by atoms with Crippen LogP contribution in [0.2, 0.25) is 0 Å². The molecule has 0 saturated carbocycles. The molecule has 0 aliphatic heterocycles. The number of nitrogens with zero attached hydrogens (tertiary/aromatic N) is 1. The minimum atomic E-state index is -0.782. The molecule has 0 aliphatic rings. The number of hydrogen-bond acceptors (Lipinski definition) is 3. The van der Waals surface area contributed by atoms with E-state index in [0.29, 0.717) is 5.82 Å². The predicted molar refractivity (Wildman–Crippen MR) is 48.7 cm³/mol. The van der Waals surface area contributed by atoms with E-state index in [4.69, 9.17) is 5.11 Å². The number of aryl methyl sites for hydroxylation is 1. The highest BCUT2D eigenvalue weighted by atomic mass is 19.1. The van der Waals surface area contributed by atoms with E-state index in [9.17, 15) is 9.18 Å². The first kappa shape index (κ1) is 8.68. The van der Waals surface area contributed by atoms with E-state index in [1.165, 1.54) is 0 Å². The molecule has 0 unspecified atom stereocenters. The predicted octanol–water partition coefficient (Wildman–Crippen LogP) is 1.08. The standard InChI is InChI=1S/C9H7FN2O2/c1-4-11-7-3-6(10)8(13)2-5(7)9(14)12-4/h2-3,13H,1H3,(H,11,12,14). The Kier molecular flexibility index (Phi) is 1.73. The number of phenols is 1. The fraction of sp³-hybridized carbons (Fsp3) is 0.111. The van der Waals surface area contributed by atoms with Gasteiger partial charge in [-0.2, -0.15) is 0 Å². The van der Waals surface area contributed by atoms with Gasteiger partial charge in [0.25, 0.3) is 5.56 Å². The van der Waals surface area contributed by atoms with Crippen molar-refractivity contribution in [3.8, 4) is 5.75 Å². The van der Waals surface area contributed by atoms with Crippen LogP contribution < -0.4 is 5.56 Å². The number of aromatic amines is 1. The summed E-state index contributed by atoms with van der Waals surface area (Å²) in [7, 11) is 0. The lowest BCUT2D eigenvalue weighted by Crippen LogP contribution is -2.09. The Morgan fingerprint density at radius 3 is 2.93 bits per heavy atom. The van der Waals surface area contributed by atoms with Crippen molar-refractivity contribution in [2.45, 2.75) is 6.92 Å². The number of nitrogens with one attached hydrogen (secondary N) is 1. The number of rotatable bonds is 0. The van der Waals surface area contributed by atoms with Crippen LogP contribution in [0.1, 0.15) is 5.82 Å². The quantitative estimate of drug-likeness (QED) is 0.659. The molecule has 0 saturated heterocycles. The zero-order valence-electron chi connectivity index (χ0n) is 7.34. The zero-order valence-corrected chi connectivity index (χ0v) is 7.34. The van der Waals surface area contributed by atoms with E-state index in [2.05, 4.69) is 9.97 Å². The Morgan fingerprint density at radius 1 is 1.50 bits per heavy atom. The molecule has 1 aromatic heterocycles. The fourth-order valence-electron chi connectivity index (χ4n) is 1.27. The van der Waals surface area contributed by atoms with Gasteiger partial charge in [0.2, 0.25) is 0 Å². The highest BCUT2D eigenvalue weighted by Gasteiger charge is 2.07. The third kappa shape index (κ3) is 1.22. The molecular weight excluding hydrogens is 187 g/mol. The number of halogens is 1. The first-order valence-electron chi connectivity index (χ1n) is 3.97. The number of phenolic OH excluding ortho intramolecular Hbond substituents is 1. The minimum Gasteiger partial charge on any atom is -0.505 e. The van der Waals surface area contributed by atoms with Crippen LogP contribution in [0.15, 0.2) is 16.9 Å². The first-order valence-corrected chi connectivity index (χ1v) is 3.97. The highest BCUT2D eigenvalue weighted by Crippen LogP contribution is 2.19. The van der Waals surface area contributed by atoms with Gasteiger partial charge in [0.05, 0.1) is 10.9 Å². The third-order valence-electron chi connectivity index (χ3n) is 1.89. The van der Waals surface area contributed by atoms with Gasteiger partial charge >= 0.3 is 0 Å². The molecule has 1 aromatic carbocycles. The summed E-state index contributed by atoms with van der Waals surface area (Å²) in [5.74, 6) is -0.920. The van der Waals surface area contributed by atoms with Gasteiger partial charge in [-0.1, -0.05) is 0 Å². The number of fused-ring (bicyclic) bond motifs is 1. The van der Waals surface area contributed by atoms with Gasteiger partial charge in [-0.3, -0.25) is 4.79 Å². The molecule has 2 rings (SSSR count). The molecule has 0 amide bonds. The molecule has 1 heterocycles. The van der Waals surface area contributed by atoms with Crippen molar-refractivity contribution in [1.82, 2.24) is 9.97 Å². The SMILES string of the molecule is Cc1nc2cc(F)c(O)cc2c(=O)[nH]1. The number of H-pyrrole nitrogens is 1. The van der Waals surface area contributed by atoms with Crippen LogP contribution in [-0.4, -0.2) is 15.1 Å². The van der Waals surface area contributed by atoms with E-state index in [1.54, 1.807) is 6.92 Å². The summed E-state index contributed by atoms with van der Waals surface area (Å²) in [6, 6.07) is 2.10. The van der Waals surface area contributed by atoms with E-state index in [1.807, 2.05) is 0 Å². The maximum atomic E-state index is 12.9. The van der Waals surface area contributed by atoms with Gasteiger partial charge in [0, 0.05) is 6.07 Å². The summed E-state index contributed by atoms with van der Waals surface area (Å²) in [5, 5.41) is 9.23. The highest BCUT2D eigenvalue weighted by molar-refractivity contribution is 5.79. The van der Waals surface area contributed by atoms with E-state index < -0.39 is 11.6 Å². The number of hydrogen-bond donors (Lipinski definition) is 2. The molecule has 4 nitrogen and oxygen atoms in total. The van der Waals surface area contributed by atoms with Crippen molar-refractivity contribution in [2.75, 3.05) is 0 Å². The average Bonchev–Trinajstić information content (AvgIpc) is 2.08. The van der Waals surface area contributed by atoms with Crippen LogP contribution in [0.4, 0.5) is 4.39 Å². The Morgan fingerprint density at radius 2 is 2.21 bits per heavy atom. The average molecular weight is 194 g/mol. The van der Waals surface area contributed by atoms with Gasteiger partial charge < -0.3 is 10.1 Å². The molecular formula is C9H7FN2O2. The van der Waals surface area contributed by atoms with Crippen molar-refractivity contribution < 1.29 is 9.50 Å². The molecule has 0 fully saturated rings. The summed E-state index contributed by atoms with van der Waals surface area (Å²) in [4.78, 5) is 17.7. The lowest BCUT2D eigenvalue weighted by atomic mass is 10.2. The molecule has 0 atom stereocenters. The Hall–Kier alpha value is -1.91. The van der Waals surface area contributed by atoms with Crippen LogP contribution in [0.5, 0.6) is 5.75 Å². The molecule has 5 heteroatoms. The van der Waals surface area contributed by atoms with Crippen molar-refractivity contribution in [3.63, 3.8) is 0 Å². The summed E-state index contributed by atoms with van der Waals surface area (Å²) in [6.45, 7) is 1.60. The van der Waals surface area contributed by atoms with Crippen LogP contribution >= 0.6 is 0 Å². The smallest absolute Gasteiger partial charge is 0.258 e. The normalized spacial score (nSPS) is 10.7. The second-order valence-electron chi connectivity index (χ2n) is 2.97. The summed E-state index contributed by atoms with van der Waals surface area (Å²) >= 11 is 0. The van der Waals surface area contributed by atoms with E-state index in [-0.39, 0.29) is 16.5 Å². The third-order valence-corrected chi connectivity index (χ3v) is 1.89. The molecule has 0 bridgehead atoms. The van der Waals surface area contributed by atoms with Crippen LogP contribution in [0, 0.1) is 12.7 Å². The van der Waals surface area contributed by atoms with Crippen molar-refractivity contribution in [2.24, 2.45) is 0 Å². The summed E-state index contributed by atoms with van der Waals surface area (Å²) in [5.41, 5.74) is -0.149. The van der Waals surface area contributed by atoms with Gasteiger partial charge in [0.15, 0.2) is 11.6 Å². The zero-order chi connectivity index (χ0) is 10.3. The molecule has 2 aromatic rings.